The van der Waals surface area contributed by atoms with Gasteiger partial charge in [0, 0.05) is 12.8 Å². The molecule has 0 aromatic heterocycles. The highest BCUT2D eigenvalue weighted by atomic mass is 16.5. The molecule has 0 heterocycles. The standard InChI is InChI=1S/C54H105NO5/c1-3-5-7-9-11-13-15-17-19-23-26-30-34-38-42-46-52(57)51(50-56)55-53(58)47-43-39-35-31-27-24-20-18-21-25-29-33-37-41-45-49-60-54(59)48-44-40-36-32-28-22-16-14-12-10-8-6-4-2/h14,16,51-52,56-57H,3-13,15,17-50H2,1-2H3,(H,55,58)/b16-14-. The Labute approximate surface area is 374 Å². The van der Waals surface area contributed by atoms with Gasteiger partial charge in [-0.3, -0.25) is 9.59 Å². The van der Waals surface area contributed by atoms with Crippen LogP contribution in [0.15, 0.2) is 12.2 Å². The molecule has 2 atom stereocenters. The van der Waals surface area contributed by atoms with Crippen molar-refractivity contribution in [3.8, 4) is 0 Å². The van der Waals surface area contributed by atoms with Crippen LogP contribution in [0.25, 0.3) is 0 Å². The van der Waals surface area contributed by atoms with Crippen LogP contribution in [0.2, 0.25) is 0 Å². The molecule has 0 aliphatic rings. The highest BCUT2D eigenvalue weighted by Gasteiger charge is 2.20. The van der Waals surface area contributed by atoms with Gasteiger partial charge in [0.1, 0.15) is 0 Å². The molecule has 1 amide bonds. The number of hydrogen-bond acceptors (Lipinski definition) is 5. The Morgan fingerprint density at radius 1 is 0.450 bits per heavy atom. The maximum atomic E-state index is 12.5. The summed E-state index contributed by atoms with van der Waals surface area (Å²) in [6.45, 7) is 4.93. The van der Waals surface area contributed by atoms with E-state index in [4.69, 9.17) is 4.74 Å². The molecule has 0 aliphatic carbocycles. The zero-order valence-electron chi connectivity index (χ0n) is 40.5. The normalized spacial score (nSPS) is 12.7. The average Bonchev–Trinajstić information content (AvgIpc) is 3.25. The Morgan fingerprint density at radius 3 is 1.20 bits per heavy atom. The molecule has 60 heavy (non-hydrogen) atoms. The van der Waals surface area contributed by atoms with E-state index < -0.39 is 12.1 Å². The van der Waals surface area contributed by atoms with Gasteiger partial charge in [0.2, 0.25) is 5.91 Å². The summed E-state index contributed by atoms with van der Waals surface area (Å²) in [6, 6.07) is -0.547. The maximum Gasteiger partial charge on any atom is 0.305 e. The van der Waals surface area contributed by atoms with Gasteiger partial charge < -0.3 is 20.3 Å². The lowest BCUT2D eigenvalue weighted by Gasteiger charge is -2.22. The van der Waals surface area contributed by atoms with Crippen LogP contribution >= 0.6 is 0 Å². The van der Waals surface area contributed by atoms with Gasteiger partial charge in [-0.2, -0.15) is 0 Å². The van der Waals surface area contributed by atoms with Crippen LogP contribution in [0.4, 0.5) is 0 Å². The second-order valence-electron chi connectivity index (χ2n) is 18.6. The number of carbonyl (C=O) groups excluding carboxylic acids is 2. The van der Waals surface area contributed by atoms with E-state index in [0.29, 0.717) is 25.9 Å². The monoisotopic (exact) mass is 848 g/mol. The number of allylic oxidation sites excluding steroid dienone is 2. The van der Waals surface area contributed by atoms with Crippen LogP contribution in [0.5, 0.6) is 0 Å². The van der Waals surface area contributed by atoms with E-state index in [1.165, 1.54) is 212 Å². The highest BCUT2D eigenvalue weighted by Crippen LogP contribution is 2.17. The van der Waals surface area contributed by atoms with Crippen LogP contribution in [0.1, 0.15) is 296 Å². The number of hydrogen-bond donors (Lipinski definition) is 3. The molecular formula is C54H105NO5. The van der Waals surface area contributed by atoms with Crippen molar-refractivity contribution >= 4 is 11.9 Å². The molecule has 2 unspecified atom stereocenters. The third kappa shape index (κ3) is 46.1. The van der Waals surface area contributed by atoms with E-state index in [1.54, 1.807) is 0 Å². The van der Waals surface area contributed by atoms with Gasteiger partial charge in [-0.15, -0.1) is 0 Å². The maximum absolute atomic E-state index is 12.5. The second-order valence-corrected chi connectivity index (χ2v) is 18.6. The van der Waals surface area contributed by atoms with Crippen molar-refractivity contribution in [3.05, 3.63) is 12.2 Å². The summed E-state index contributed by atoms with van der Waals surface area (Å²) in [5.41, 5.74) is 0. The summed E-state index contributed by atoms with van der Waals surface area (Å²) in [5, 5.41) is 23.2. The van der Waals surface area contributed by atoms with Gasteiger partial charge in [0.05, 0.1) is 25.4 Å². The molecule has 0 fully saturated rings. The Kier molecular flexibility index (Phi) is 49.1. The van der Waals surface area contributed by atoms with E-state index in [0.717, 1.165) is 51.4 Å². The van der Waals surface area contributed by atoms with Crippen molar-refractivity contribution in [2.45, 2.75) is 309 Å². The number of aliphatic hydroxyl groups excluding tert-OH is 2. The fourth-order valence-electron chi connectivity index (χ4n) is 8.40. The van der Waals surface area contributed by atoms with Crippen molar-refractivity contribution in [1.29, 1.82) is 0 Å². The number of unbranched alkanes of at least 4 members (excludes halogenated alkanes) is 37. The summed E-state index contributed by atoms with van der Waals surface area (Å²) in [4.78, 5) is 24.5. The van der Waals surface area contributed by atoms with E-state index in [-0.39, 0.29) is 18.5 Å². The largest absolute Gasteiger partial charge is 0.466 e. The minimum atomic E-state index is -0.669. The van der Waals surface area contributed by atoms with Crippen LogP contribution in [-0.2, 0) is 14.3 Å². The molecule has 0 saturated heterocycles. The van der Waals surface area contributed by atoms with Gasteiger partial charge >= 0.3 is 5.97 Å². The number of amides is 1. The van der Waals surface area contributed by atoms with E-state index in [9.17, 15) is 19.8 Å². The number of carbonyl (C=O) groups is 2. The first-order valence-corrected chi connectivity index (χ1v) is 26.9. The van der Waals surface area contributed by atoms with Gasteiger partial charge in [-0.05, 0) is 51.4 Å². The minimum absolute atomic E-state index is 0.00819. The summed E-state index contributed by atoms with van der Waals surface area (Å²) < 4.78 is 5.46. The van der Waals surface area contributed by atoms with Crippen molar-refractivity contribution in [1.82, 2.24) is 5.32 Å². The predicted octanol–water partition coefficient (Wildman–Crippen LogP) is 16.1. The molecule has 0 radical (unpaired) electrons. The lowest BCUT2D eigenvalue weighted by Crippen LogP contribution is -2.45. The highest BCUT2D eigenvalue weighted by molar-refractivity contribution is 5.76. The molecule has 0 aromatic carbocycles. The number of nitrogens with one attached hydrogen (secondary N) is 1. The lowest BCUT2D eigenvalue weighted by atomic mass is 10.0. The third-order valence-electron chi connectivity index (χ3n) is 12.6. The van der Waals surface area contributed by atoms with Crippen LogP contribution in [0, 0.1) is 0 Å². The van der Waals surface area contributed by atoms with E-state index in [2.05, 4.69) is 31.3 Å². The molecule has 0 bridgehead atoms. The van der Waals surface area contributed by atoms with Crippen LogP contribution in [0.3, 0.4) is 0 Å². The molecule has 3 N–H and O–H groups in total. The van der Waals surface area contributed by atoms with Crippen molar-refractivity contribution in [3.63, 3.8) is 0 Å². The summed E-state index contributed by atoms with van der Waals surface area (Å²) in [7, 11) is 0. The smallest absolute Gasteiger partial charge is 0.305 e. The molecule has 0 saturated carbocycles. The summed E-state index contributed by atoms with van der Waals surface area (Å²) in [5.74, 6) is -0.0505. The fraction of sp³-hybridized carbons (Fsp3) is 0.926. The first kappa shape index (κ1) is 58.6. The van der Waals surface area contributed by atoms with Gasteiger partial charge in [-0.25, -0.2) is 0 Å². The zero-order chi connectivity index (χ0) is 43.7. The Balaban J connectivity index is 3.43. The summed E-state index contributed by atoms with van der Waals surface area (Å²) >= 11 is 0. The molecular weight excluding hydrogens is 743 g/mol. The lowest BCUT2D eigenvalue weighted by molar-refractivity contribution is -0.143. The molecule has 6 heteroatoms. The average molecular weight is 848 g/mol. The van der Waals surface area contributed by atoms with E-state index in [1.807, 2.05) is 0 Å². The van der Waals surface area contributed by atoms with Gasteiger partial charge in [0.15, 0.2) is 0 Å². The molecule has 356 valence electrons. The molecule has 0 aromatic rings. The van der Waals surface area contributed by atoms with Crippen LogP contribution < -0.4 is 5.32 Å². The van der Waals surface area contributed by atoms with Crippen molar-refractivity contribution in [2.75, 3.05) is 13.2 Å². The third-order valence-corrected chi connectivity index (χ3v) is 12.6. The SMILES string of the molecule is CCCCCC/C=C\CCCCCCCC(=O)OCCCCCCCCCCCCCCCCCC(=O)NC(CO)C(O)CCCCCCCCCCCCCCCCC. The van der Waals surface area contributed by atoms with E-state index >= 15 is 0 Å². The Morgan fingerprint density at radius 2 is 0.783 bits per heavy atom. The van der Waals surface area contributed by atoms with Crippen LogP contribution in [-0.4, -0.2) is 47.4 Å². The second kappa shape index (κ2) is 50.2. The topological polar surface area (TPSA) is 95.9 Å². The zero-order valence-corrected chi connectivity index (χ0v) is 40.5. The Bertz CT molecular complexity index is 893. The van der Waals surface area contributed by atoms with Gasteiger partial charge in [-0.1, -0.05) is 244 Å². The quantitative estimate of drug-likeness (QED) is 0.0322. The first-order chi connectivity index (χ1) is 29.5. The number of ether oxygens (including phenoxy) is 1. The molecule has 6 nitrogen and oxygen atoms in total. The van der Waals surface area contributed by atoms with Crippen molar-refractivity contribution < 1.29 is 24.5 Å². The summed E-state index contributed by atoms with van der Waals surface area (Å²) in [6.07, 6.45) is 57.5. The number of rotatable bonds is 50. The first-order valence-electron chi connectivity index (χ1n) is 26.9. The molecule has 0 spiro atoms. The number of esters is 1. The van der Waals surface area contributed by atoms with Crippen molar-refractivity contribution in [2.24, 2.45) is 0 Å². The predicted molar refractivity (Wildman–Crippen MR) is 260 cm³/mol. The minimum Gasteiger partial charge on any atom is -0.466 e. The fourth-order valence-corrected chi connectivity index (χ4v) is 8.40. The Hall–Kier alpha value is -1.40. The van der Waals surface area contributed by atoms with Gasteiger partial charge in [0.25, 0.3) is 0 Å². The molecule has 0 rings (SSSR count). The number of aliphatic hydroxyl groups is 2. The molecule has 0 aliphatic heterocycles.